The molecule has 29 heavy (non-hydrogen) atoms. The fourth-order valence-corrected chi connectivity index (χ4v) is 3.30. The van der Waals surface area contributed by atoms with Gasteiger partial charge in [-0.15, -0.1) is 0 Å². The van der Waals surface area contributed by atoms with Crippen molar-refractivity contribution in [3.63, 3.8) is 0 Å². The number of pyridine rings is 1. The van der Waals surface area contributed by atoms with E-state index in [1.165, 1.54) is 6.21 Å². The van der Waals surface area contributed by atoms with Crippen molar-refractivity contribution in [2.24, 2.45) is 5.10 Å². The van der Waals surface area contributed by atoms with E-state index in [2.05, 4.69) is 31.4 Å². The number of halogens is 1. The third-order valence-corrected chi connectivity index (χ3v) is 4.86. The Morgan fingerprint density at radius 3 is 2.62 bits per heavy atom. The van der Waals surface area contributed by atoms with Gasteiger partial charge in [-0.2, -0.15) is 5.10 Å². The minimum Gasteiger partial charge on any atom is -0.481 e. The summed E-state index contributed by atoms with van der Waals surface area (Å²) in [6, 6.07) is 18.9. The van der Waals surface area contributed by atoms with Crippen LogP contribution in [0.4, 0.5) is 0 Å². The molecule has 0 aliphatic rings. The second kappa shape index (κ2) is 8.28. The summed E-state index contributed by atoms with van der Waals surface area (Å²) in [5.41, 5.74) is 5.52. The van der Waals surface area contributed by atoms with E-state index in [4.69, 9.17) is 4.74 Å². The molecule has 1 amide bonds. The Bertz CT molecular complexity index is 1190. The highest BCUT2D eigenvalue weighted by Gasteiger charge is 2.08. The highest BCUT2D eigenvalue weighted by Crippen LogP contribution is 2.23. The predicted octanol–water partition coefficient (Wildman–Crippen LogP) is 4.56. The zero-order chi connectivity index (χ0) is 20.2. The lowest BCUT2D eigenvalue weighted by atomic mass is 10.1. The summed E-state index contributed by atoms with van der Waals surface area (Å²) in [5.74, 6) is 0.143. The third-order valence-electron chi connectivity index (χ3n) is 4.36. The van der Waals surface area contributed by atoms with E-state index < -0.39 is 0 Å². The zero-order valence-corrected chi connectivity index (χ0v) is 17.1. The molecular weight excluding hydrogens is 432 g/mol. The topological polar surface area (TPSA) is 68.5 Å². The maximum atomic E-state index is 12.4. The molecule has 1 N–H and O–H groups in total. The molecule has 6 nitrogen and oxygen atoms in total. The Hall–Kier alpha value is -3.45. The van der Waals surface area contributed by atoms with Crippen LogP contribution in [-0.2, 0) is 0 Å². The molecule has 2 aromatic heterocycles. The van der Waals surface area contributed by atoms with Gasteiger partial charge in [0.05, 0.1) is 24.4 Å². The number of benzene rings is 2. The molecule has 0 aliphatic carbocycles. The number of nitrogens with one attached hydrogen (secondary N) is 1. The standard InChI is InChI=1S/C22H17BrN4O2/c1-29-22-17(12-16-13-18(23)6-9-20(16)25-22)14-24-26-21(28)15-4-7-19(8-5-15)27-10-2-3-11-27/h2-14H,1H3,(H,26,28)/b24-14+. The lowest BCUT2D eigenvalue weighted by Gasteiger charge is -2.07. The van der Waals surface area contributed by atoms with Crippen molar-refractivity contribution in [3.8, 4) is 11.6 Å². The molecule has 2 heterocycles. The van der Waals surface area contributed by atoms with Crippen molar-refractivity contribution in [1.29, 1.82) is 0 Å². The zero-order valence-electron chi connectivity index (χ0n) is 15.5. The maximum absolute atomic E-state index is 12.4. The van der Waals surface area contributed by atoms with Crippen LogP contribution in [0.15, 0.2) is 82.6 Å². The van der Waals surface area contributed by atoms with Crippen LogP contribution in [0.5, 0.6) is 5.88 Å². The molecule has 0 fully saturated rings. The summed E-state index contributed by atoms with van der Waals surface area (Å²) in [4.78, 5) is 16.8. The number of amides is 1. The van der Waals surface area contributed by atoms with Gasteiger partial charge in [-0.05, 0) is 60.7 Å². The highest BCUT2D eigenvalue weighted by atomic mass is 79.9. The molecule has 2 aromatic carbocycles. The number of aromatic nitrogens is 2. The Morgan fingerprint density at radius 2 is 1.90 bits per heavy atom. The Balaban J connectivity index is 1.50. The number of hydrazone groups is 1. The Labute approximate surface area is 176 Å². The summed E-state index contributed by atoms with van der Waals surface area (Å²) >= 11 is 3.46. The van der Waals surface area contributed by atoms with Crippen molar-refractivity contribution in [3.05, 3.63) is 88.7 Å². The summed E-state index contributed by atoms with van der Waals surface area (Å²) in [5, 5.41) is 5.01. The van der Waals surface area contributed by atoms with Gasteiger partial charge < -0.3 is 9.30 Å². The molecule has 144 valence electrons. The number of hydrogen-bond donors (Lipinski definition) is 1. The second-order valence-corrected chi connectivity index (χ2v) is 7.18. The number of hydrogen-bond acceptors (Lipinski definition) is 4. The fraction of sp³-hybridized carbons (Fsp3) is 0.0455. The Kier molecular flexibility index (Phi) is 5.39. The van der Waals surface area contributed by atoms with Gasteiger partial charge in [0, 0.05) is 33.5 Å². The number of ether oxygens (including phenoxy) is 1. The summed E-state index contributed by atoms with van der Waals surface area (Å²) < 4.78 is 8.27. The average molecular weight is 449 g/mol. The molecule has 0 spiro atoms. The van der Waals surface area contributed by atoms with Gasteiger partial charge in [-0.1, -0.05) is 15.9 Å². The van der Waals surface area contributed by atoms with E-state index >= 15 is 0 Å². The molecule has 0 saturated carbocycles. The quantitative estimate of drug-likeness (QED) is 0.359. The predicted molar refractivity (Wildman–Crippen MR) is 117 cm³/mol. The number of fused-ring (bicyclic) bond motifs is 1. The molecule has 4 rings (SSSR count). The summed E-state index contributed by atoms with van der Waals surface area (Å²) in [6.07, 6.45) is 5.42. The van der Waals surface area contributed by atoms with Crippen LogP contribution in [0, 0.1) is 0 Å². The normalized spacial score (nSPS) is 11.1. The van der Waals surface area contributed by atoms with Gasteiger partial charge in [-0.25, -0.2) is 10.4 Å². The van der Waals surface area contributed by atoms with Crippen LogP contribution < -0.4 is 10.2 Å². The summed E-state index contributed by atoms with van der Waals surface area (Å²) in [6.45, 7) is 0. The number of carbonyl (C=O) groups excluding carboxylic acids is 1. The van der Waals surface area contributed by atoms with Crippen molar-refractivity contribution in [1.82, 2.24) is 15.0 Å². The maximum Gasteiger partial charge on any atom is 0.271 e. The highest BCUT2D eigenvalue weighted by molar-refractivity contribution is 9.10. The molecule has 7 heteroatoms. The molecule has 0 atom stereocenters. The van der Waals surface area contributed by atoms with Crippen LogP contribution in [0.1, 0.15) is 15.9 Å². The van der Waals surface area contributed by atoms with Crippen LogP contribution in [0.25, 0.3) is 16.6 Å². The first kappa shape index (κ1) is 18.9. The van der Waals surface area contributed by atoms with Crippen LogP contribution in [-0.4, -0.2) is 28.8 Å². The molecule has 0 saturated heterocycles. The lowest BCUT2D eigenvalue weighted by Crippen LogP contribution is -2.17. The van der Waals surface area contributed by atoms with Crippen LogP contribution in [0.2, 0.25) is 0 Å². The monoisotopic (exact) mass is 448 g/mol. The van der Waals surface area contributed by atoms with E-state index in [-0.39, 0.29) is 5.91 Å². The van der Waals surface area contributed by atoms with Crippen LogP contribution >= 0.6 is 15.9 Å². The molecule has 0 unspecified atom stereocenters. The molecule has 4 aromatic rings. The molecule has 0 radical (unpaired) electrons. The molecule has 0 bridgehead atoms. The van der Waals surface area contributed by atoms with E-state index in [9.17, 15) is 4.79 Å². The second-order valence-electron chi connectivity index (χ2n) is 6.26. The van der Waals surface area contributed by atoms with Crippen molar-refractivity contribution in [2.45, 2.75) is 0 Å². The summed E-state index contributed by atoms with van der Waals surface area (Å²) in [7, 11) is 1.55. The van der Waals surface area contributed by atoms with Gasteiger partial charge in [-0.3, -0.25) is 4.79 Å². The smallest absolute Gasteiger partial charge is 0.271 e. The van der Waals surface area contributed by atoms with Gasteiger partial charge >= 0.3 is 0 Å². The van der Waals surface area contributed by atoms with Gasteiger partial charge in [0.25, 0.3) is 5.91 Å². The first-order valence-corrected chi connectivity index (χ1v) is 9.64. The van der Waals surface area contributed by atoms with Gasteiger partial charge in [0.1, 0.15) is 0 Å². The van der Waals surface area contributed by atoms with Crippen molar-refractivity contribution >= 4 is 39.0 Å². The van der Waals surface area contributed by atoms with E-state index in [0.717, 1.165) is 21.1 Å². The van der Waals surface area contributed by atoms with Crippen molar-refractivity contribution in [2.75, 3.05) is 7.11 Å². The lowest BCUT2D eigenvalue weighted by molar-refractivity contribution is 0.0955. The minimum absolute atomic E-state index is 0.296. The number of rotatable bonds is 5. The Morgan fingerprint density at radius 1 is 1.14 bits per heavy atom. The van der Waals surface area contributed by atoms with Gasteiger partial charge in [0.15, 0.2) is 0 Å². The van der Waals surface area contributed by atoms with E-state index in [1.54, 1.807) is 19.2 Å². The number of methoxy groups -OCH3 is 1. The number of carbonyl (C=O) groups is 1. The minimum atomic E-state index is -0.296. The van der Waals surface area contributed by atoms with E-state index in [0.29, 0.717) is 17.0 Å². The molecule has 0 aliphatic heterocycles. The first-order valence-electron chi connectivity index (χ1n) is 8.85. The van der Waals surface area contributed by atoms with Crippen molar-refractivity contribution < 1.29 is 9.53 Å². The number of nitrogens with zero attached hydrogens (tertiary/aromatic N) is 3. The SMILES string of the molecule is COc1nc2ccc(Br)cc2cc1/C=N/NC(=O)c1ccc(-n2cccc2)cc1. The first-order chi connectivity index (χ1) is 14.1. The largest absolute Gasteiger partial charge is 0.481 e. The van der Waals surface area contributed by atoms with Crippen LogP contribution in [0.3, 0.4) is 0 Å². The third kappa shape index (κ3) is 4.20. The van der Waals surface area contributed by atoms with Gasteiger partial charge in [0.2, 0.25) is 5.88 Å². The average Bonchev–Trinajstić information content (AvgIpc) is 3.28. The van der Waals surface area contributed by atoms with E-state index in [1.807, 2.05) is 65.5 Å². The molecular formula is C22H17BrN4O2. The fourth-order valence-electron chi connectivity index (χ4n) is 2.92.